The Balaban J connectivity index is 2.17. The quantitative estimate of drug-likeness (QED) is 0.846. The first-order valence-corrected chi connectivity index (χ1v) is 7.97. The Labute approximate surface area is 121 Å². The van der Waals surface area contributed by atoms with Crippen molar-refractivity contribution < 1.29 is 14.7 Å². The van der Waals surface area contributed by atoms with Crippen molar-refractivity contribution in [2.24, 2.45) is 11.3 Å². The minimum Gasteiger partial charge on any atom is -0.480 e. The molecule has 20 heavy (non-hydrogen) atoms. The molecule has 2 aliphatic rings. The van der Waals surface area contributed by atoms with E-state index in [4.69, 9.17) is 0 Å². The number of rotatable bonds is 2. The summed E-state index contributed by atoms with van der Waals surface area (Å²) in [5, 5.41) is 9.42. The van der Waals surface area contributed by atoms with Crippen molar-refractivity contribution >= 4 is 11.9 Å². The fourth-order valence-electron chi connectivity index (χ4n) is 3.78. The summed E-state index contributed by atoms with van der Waals surface area (Å²) in [6.07, 6.45) is 7.72. The van der Waals surface area contributed by atoms with Crippen molar-refractivity contribution in [3.8, 4) is 0 Å². The lowest BCUT2D eigenvalue weighted by Crippen LogP contribution is -2.50. The second-order valence-corrected chi connectivity index (χ2v) is 7.02. The summed E-state index contributed by atoms with van der Waals surface area (Å²) in [7, 11) is 0. The lowest BCUT2D eigenvalue weighted by Gasteiger charge is -2.41. The summed E-state index contributed by atoms with van der Waals surface area (Å²) in [6, 6.07) is -0.609. The van der Waals surface area contributed by atoms with Gasteiger partial charge >= 0.3 is 5.97 Å². The van der Waals surface area contributed by atoms with Crippen molar-refractivity contribution in [2.75, 3.05) is 6.54 Å². The zero-order chi connectivity index (χ0) is 14.8. The van der Waals surface area contributed by atoms with Crippen molar-refractivity contribution in [2.45, 2.75) is 71.3 Å². The smallest absolute Gasteiger partial charge is 0.326 e. The molecular weight excluding hydrogens is 254 g/mol. The van der Waals surface area contributed by atoms with Crippen LogP contribution in [0.4, 0.5) is 0 Å². The van der Waals surface area contributed by atoms with Crippen LogP contribution in [0.3, 0.4) is 0 Å². The second-order valence-electron chi connectivity index (χ2n) is 7.02. The third kappa shape index (κ3) is 3.15. The molecule has 1 saturated heterocycles. The minimum atomic E-state index is -0.839. The number of amides is 1. The molecule has 1 amide bonds. The van der Waals surface area contributed by atoms with E-state index < -0.39 is 12.0 Å². The molecule has 0 spiro atoms. The Bertz CT molecular complexity index is 378. The fourth-order valence-corrected chi connectivity index (χ4v) is 3.78. The molecule has 0 aromatic carbocycles. The summed E-state index contributed by atoms with van der Waals surface area (Å²) < 4.78 is 0. The highest BCUT2D eigenvalue weighted by Crippen LogP contribution is 2.42. The maximum absolute atomic E-state index is 12.9. The number of hydrogen-bond acceptors (Lipinski definition) is 2. The highest BCUT2D eigenvalue weighted by Gasteiger charge is 2.42. The predicted molar refractivity (Wildman–Crippen MR) is 77.3 cm³/mol. The summed E-state index contributed by atoms with van der Waals surface area (Å²) in [4.78, 5) is 26.0. The molecule has 1 heterocycles. The van der Waals surface area contributed by atoms with Gasteiger partial charge in [-0.2, -0.15) is 0 Å². The Morgan fingerprint density at radius 2 is 1.75 bits per heavy atom. The molecule has 114 valence electrons. The minimum absolute atomic E-state index is 0.00352. The molecule has 1 aliphatic carbocycles. The van der Waals surface area contributed by atoms with E-state index in [-0.39, 0.29) is 17.2 Å². The lowest BCUT2D eigenvalue weighted by atomic mass is 9.68. The average Bonchev–Trinajstić information content (AvgIpc) is 2.63. The topological polar surface area (TPSA) is 57.6 Å². The van der Waals surface area contributed by atoms with E-state index >= 15 is 0 Å². The number of carboxylic acid groups (broad SMARTS) is 1. The van der Waals surface area contributed by atoms with Crippen molar-refractivity contribution in [3.63, 3.8) is 0 Å². The molecule has 2 atom stereocenters. The molecule has 2 rings (SSSR count). The van der Waals surface area contributed by atoms with E-state index in [1.54, 1.807) is 4.90 Å². The van der Waals surface area contributed by atoms with Gasteiger partial charge in [0.2, 0.25) is 5.91 Å². The summed E-state index contributed by atoms with van der Waals surface area (Å²) in [5.41, 5.74) is 0.00465. The molecule has 2 unspecified atom stereocenters. The van der Waals surface area contributed by atoms with Gasteiger partial charge in [-0.3, -0.25) is 4.79 Å². The highest BCUT2D eigenvalue weighted by atomic mass is 16.4. The van der Waals surface area contributed by atoms with E-state index in [1.807, 2.05) is 0 Å². The summed E-state index contributed by atoms with van der Waals surface area (Å²) in [6.45, 7) is 4.92. The van der Waals surface area contributed by atoms with Gasteiger partial charge in [-0.25, -0.2) is 4.79 Å². The van der Waals surface area contributed by atoms with Crippen LogP contribution in [0.5, 0.6) is 0 Å². The molecule has 4 heteroatoms. The van der Waals surface area contributed by atoms with E-state index in [0.717, 1.165) is 38.5 Å². The largest absolute Gasteiger partial charge is 0.480 e. The molecule has 0 radical (unpaired) electrons. The van der Waals surface area contributed by atoms with Gasteiger partial charge in [0.15, 0.2) is 0 Å². The molecule has 4 nitrogen and oxygen atoms in total. The molecular formula is C16H27NO3. The maximum Gasteiger partial charge on any atom is 0.326 e. The zero-order valence-electron chi connectivity index (χ0n) is 12.7. The van der Waals surface area contributed by atoms with Gasteiger partial charge in [-0.1, -0.05) is 39.5 Å². The van der Waals surface area contributed by atoms with E-state index in [1.165, 1.54) is 6.42 Å². The molecule has 0 aromatic rings. The van der Waals surface area contributed by atoms with Crippen molar-refractivity contribution in [1.29, 1.82) is 0 Å². The van der Waals surface area contributed by atoms with Gasteiger partial charge in [0, 0.05) is 12.5 Å². The maximum atomic E-state index is 12.9. The number of carboxylic acids is 1. The van der Waals surface area contributed by atoms with Gasteiger partial charge < -0.3 is 10.0 Å². The Kier molecular flexibility index (Phi) is 4.71. The number of carbonyl (C=O) groups is 2. The number of hydrogen-bond donors (Lipinski definition) is 1. The van der Waals surface area contributed by atoms with Crippen LogP contribution in [-0.2, 0) is 9.59 Å². The Hall–Kier alpha value is -1.06. The van der Waals surface area contributed by atoms with Crippen LogP contribution >= 0.6 is 0 Å². The van der Waals surface area contributed by atoms with Crippen LogP contribution in [0.2, 0.25) is 0 Å². The third-order valence-corrected chi connectivity index (χ3v) is 5.13. The average molecular weight is 281 g/mol. The highest BCUT2D eigenvalue weighted by molar-refractivity contribution is 5.85. The number of aliphatic carboxylic acids is 1. The first-order chi connectivity index (χ1) is 9.43. The molecule has 1 saturated carbocycles. The number of likely N-dealkylation sites (tertiary alicyclic amines) is 1. The van der Waals surface area contributed by atoms with Crippen LogP contribution in [0, 0.1) is 11.3 Å². The predicted octanol–water partition coefficient (Wildman–Crippen LogP) is 3.06. The van der Waals surface area contributed by atoms with Gasteiger partial charge in [-0.15, -0.1) is 0 Å². The monoisotopic (exact) mass is 281 g/mol. The number of carbonyl (C=O) groups excluding carboxylic acids is 1. The zero-order valence-corrected chi connectivity index (χ0v) is 12.7. The first-order valence-electron chi connectivity index (χ1n) is 7.97. The fraction of sp³-hybridized carbons (Fsp3) is 0.875. The Morgan fingerprint density at radius 1 is 1.05 bits per heavy atom. The van der Waals surface area contributed by atoms with Gasteiger partial charge in [0.1, 0.15) is 6.04 Å². The molecule has 0 bridgehead atoms. The van der Waals surface area contributed by atoms with Crippen LogP contribution in [0.15, 0.2) is 0 Å². The molecule has 1 N–H and O–H groups in total. The van der Waals surface area contributed by atoms with Crippen molar-refractivity contribution in [3.05, 3.63) is 0 Å². The molecule has 2 fully saturated rings. The third-order valence-electron chi connectivity index (χ3n) is 5.13. The van der Waals surface area contributed by atoms with E-state index in [9.17, 15) is 14.7 Å². The Morgan fingerprint density at radius 3 is 2.40 bits per heavy atom. The van der Waals surface area contributed by atoms with Gasteiger partial charge in [-0.05, 0) is 31.1 Å². The van der Waals surface area contributed by atoms with Gasteiger partial charge in [0.05, 0.1) is 0 Å². The normalized spacial score (nSPS) is 30.6. The SMILES string of the molecule is CC1(C)CCCCC1C(=O)N1CCCCCC1C(=O)O. The van der Waals surface area contributed by atoms with Crippen LogP contribution < -0.4 is 0 Å². The van der Waals surface area contributed by atoms with Crippen LogP contribution in [0.25, 0.3) is 0 Å². The summed E-state index contributed by atoms with van der Waals surface area (Å²) >= 11 is 0. The van der Waals surface area contributed by atoms with E-state index in [0.29, 0.717) is 13.0 Å². The van der Waals surface area contributed by atoms with E-state index in [2.05, 4.69) is 13.8 Å². The lowest BCUT2D eigenvalue weighted by molar-refractivity contribution is -0.154. The molecule has 0 aromatic heterocycles. The first kappa shape index (κ1) is 15.3. The second kappa shape index (κ2) is 6.15. The summed E-state index contributed by atoms with van der Waals surface area (Å²) in [5.74, 6) is -0.755. The van der Waals surface area contributed by atoms with Gasteiger partial charge in [0.25, 0.3) is 0 Å². The standard InChI is InChI=1S/C16H27NO3/c1-16(2)10-6-5-8-12(16)14(18)17-11-7-3-4-9-13(17)15(19)20/h12-13H,3-11H2,1-2H3,(H,19,20). The van der Waals surface area contributed by atoms with Crippen LogP contribution in [0.1, 0.15) is 65.2 Å². The van der Waals surface area contributed by atoms with Crippen molar-refractivity contribution in [1.82, 2.24) is 4.90 Å². The number of nitrogens with zero attached hydrogens (tertiary/aromatic N) is 1. The molecule has 1 aliphatic heterocycles. The van der Waals surface area contributed by atoms with Crippen LogP contribution in [-0.4, -0.2) is 34.5 Å².